The van der Waals surface area contributed by atoms with Gasteiger partial charge in [0.25, 0.3) is 0 Å². The van der Waals surface area contributed by atoms with Crippen molar-refractivity contribution in [1.29, 1.82) is 0 Å². The summed E-state index contributed by atoms with van der Waals surface area (Å²) in [6.45, 7) is 0. The van der Waals surface area contributed by atoms with Crippen LogP contribution in [-0.4, -0.2) is 11.1 Å². The Bertz CT molecular complexity index is 566. The fraction of sp³-hybridized carbons (Fsp3) is 0.0714. The van der Waals surface area contributed by atoms with Crippen LogP contribution in [0.15, 0.2) is 53.0 Å². The summed E-state index contributed by atoms with van der Waals surface area (Å²) >= 11 is 3.28. The topological polar surface area (TPSA) is 46.5 Å². The molecule has 98 valence electrons. The molecule has 19 heavy (non-hydrogen) atoms. The second kappa shape index (κ2) is 5.84. The van der Waals surface area contributed by atoms with Crippen molar-refractivity contribution in [2.24, 2.45) is 0 Å². The number of benzene rings is 2. The first kappa shape index (κ1) is 13.5. The minimum absolute atomic E-state index is 0.303. The van der Waals surface area contributed by atoms with Gasteiger partial charge in [-0.25, -0.2) is 9.18 Å². The van der Waals surface area contributed by atoms with Gasteiger partial charge in [0, 0.05) is 10.0 Å². The molecule has 0 aliphatic rings. The lowest BCUT2D eigenvalue weighted by molar-refractivity contribution is -0.145. The summed E-state index contributed by atoms with van der Waals surface area (Å²) in [4.78, 5) is 11.2. The molecule has 0 saturated heterocycles. The number of rotatable bonds is 4. The monoisotopic (exact) mass is 324 g/mol. The number of aliphatic carboxylic acids is 1. The Hall–Kier alpha value is -1.88. The number of halogens is 2. The zero-order valence-corrected chi connectivity index (χ0v) is 11.3. The molecule has 0 bridgehead atoms. The van der Waals surface area contributed by atoms with Crippen LogP contribution < -0.4 is 4.74 Å². The molecule has 2 aromatic carbocycles. The van der Waals surface area contributed by atoms with E-state index in [0.717, 1.165) is 4.47 Å². The molecule has 1 N–H and O–H groups in total. The Morgan fingerprint density at radius 1 is 1.11 bits per heavy atom. The van der Waals surface area contributed by atoms with Crippen LogP contribution in [-0.2, 0) is 4.79 Å². The minimum Gasteiger partial charge on any atom is -0.478 e. The van der Waals surface area contributed by atoms with E-state index in [0.29, 0.717) is 11.3 Å². The molecule has 0 unspecified atom stereocenters. The van der Waals surface area contributed by atoms with Gasteiger partial charge in [0.1, 0.15) is 11.6 Å². The molecule has 0 aliphatic carbocycles. The zero-order chi connectivity index (χ0) is 13.8. The highest BCUT2D eigenvalue weighted by molar-refractivity contribution is 9.10. The molecule has 5 heteroatoms. The van der Waals surface area contributed by atoms with Gasteiger partial charge in [0.05, 0.1) is 0 Å². The van der Waals surface area contributed by atoms with E-state index in [1.807, 2.05) is 0 Å². The van der Waals surface area contributed by atoms with E-state index in [4.69, 9.17) is 4.74 Å². The first-order valence-corrected chi connectivity index (χ1v) is 6.26. The predicted octanol–water partition coefficient (Wildman–Crippen LogP) is 3.79. The van der Waals surface area contributed by atoms with Gasteiger partial charge in [0.15, 0.2) is 0 Å². The van der Waals surface area contributed by atoms with Crippen LogP contribution in [0.5, 0.6) is 5.75 Å². The SMILES string of the molecule is O=C(O)[C@@H](Oc1ccc(F)cc1)c1ccc(Br)cc1. The summed E-state index contributed by atoms with van der Waals surface area (Å²) in [7, 11) is 0. The van der Waals surface area contributed by atoms with Crippen molar-refractivity contribution >= 4 is 21.9 Å². The van der Waals surface area contributed by atoms with Crippen LogP contribution in [0.1, 0.15) is 11.7 Å². The second-order valence-corrected chi connectivity index (χ2v) is 4.76. The van der Waals surface area contributed by atoms with E-state index in [1.165, 1.54) is 24.3 Å². The summed E-state index contributed by atoms with van der Waals surface area (Å²) in [5, 5.41) is 9.20. The molecule has 0 saturated carbocycles. The van der Waals surface area contributed by atoms with Crippen LogP contribution in [0.4, 0.5) is 4.39 Å². The average molecular weight is 325 g/mol. The standard InChI is InChI=1S/C14H10BrFO3/c15-10-3-1-9(2-4-10)13(14(17)18)19-12-7-5-11(16)6-8-12/h1-8,13H,(H,17,18)/t13-/m0/s1. The largest absolute Gasteiger partial charge is 0.478 e. The third-order valence-electron chi connectivity index (χ3n) is 2.46. The third-order valence-corrected chi connectivity index (χ3v) is 2.99. The molecule has 3 nitrogen and oxygen atoms in total. The van der Waals surface area contributed by atoms with Gasteiger partial charge < -0.3 is 9.84 Å². The van der Waals surface area contributed by atoms with E-state index < -0.39 is 17.9 Å². The van der Waals surface area contributed by atoms with Gasteiger partial charge in [0.2, 0.25) is 6.10 Å². The molecule has 0 heterocycles. The predicted molar refractivity (Wildman–Crippen MR) is 71.5 cm³/mol. The summed E-state index contributed by atoms with van der Waals surface area (Å²) in [5.74, 6) is -1.20. The number of ether oxygens (including phenoxy) is 1. The van der Waals surface area contributed by atoms with Crippen molar-refractivity contribution in [3.8, 4) is 5.75 Å². The van der Waals surface area contributed by atoms with Gasteiger partial charge in [-0.2, -0.15) is 0 Å². The van der Waals surface area contributed by atoms with Crippen LogP contribution in [0.25, 0.3) is 0 Å². The van der Waals surface area contributed by atoms with Gasteiger partial charge in [-0.15, -0.1) is 0 Å². The second-order valence-electron chi connectivity index (χ2n) is 3.84. The molecule has 0 radical (unpaired) electrons. The van der Waals surface area contributed by atoms with Gasteiger partial charge in [-0.1, -0.05) is 28.1 Å². The highest BCUT2D eigenvalue weighted by atomic mass is 79.9. The molecule has 0 spiro atoms. The van der Waals surface area contributed by atoms with Crippen molar-refractivity contribution in [2.45, 2.75) is 6.10 Å². The number of carboxylic acid groups (broad SMARTS) is 1. The van der Waals surface area contributed by atoms with Crippen molar-refractivity contribution in [2.75, 3.05) is 0 Å². The first-order chi connectivity index (χ1) is 9.06. The van der Waals surface area contributed by atoms with Crippen LogP contribution in [0.3, 0.4) is 0 Å². The molecular formula is C14H10BrFO3. The quantitative estimate of drug-likeness (QED) is 0.930. The minimum atomic E-state index is -1.13. The van der Waals surface area contributed by atoms with Crippen molar-refractivity contribution in [3.63, 3.8) is 0 Å². The molecule has 2 rings (SSSR count). The van der Waals surface area contributed by atoms with E-state index in [9.17, 15) is 14.3 Å². The van der Waals surface area contributed by atoms with Gasteiger partial charge in [-0.3, -0.25) is 0 Å². The van der Waals surface area contributed by atoms with E-state index in [-0.39, 0.29) is 0 Å². The number of hydrogen-bond donors (Lipinski definition) is 1. The third kappa shape index (κ3) is 3.54. The molecule has 0 fully saturated rings. The fourth-order valence-corrected chi connectivity index (χ4v) is 1.81. The van der Waals surface area contributed by atoms with Gasteiger partial charge >= 0.3 is 5.97 Å². The normalized spacial score (nSPS) is 11.9. The van der Waals surface area contributed by atoms with Crippen LogP contribution >= 0.6 is 15.9 Å². The Labute approximate surface area is 117 Å². The van der Waals surface area contributed by atoms with E-state index in [1.54, 1.807) is 24.3 Å². The highest BCUT2D eigenvalue weighted by Crippen LogP contribution is 2.24. The van der Waals surface area contributed by atoms with Crippen LogP contribution in [0.2, 0.25) is 0 Å². The molecule has 0 aromatic heterocycles. The lowest BCUT2D eigenvalue weighted by atomic mass is 10.1. The van der Waals surface area contributed by atoms with Crippen molar-refractivity contribution in [1.82, 2.24) is 0 Å². The summed E-state index contributed by atoms with van der Waals surface area (Å²) in [6, 6.07) is 12.0. The number of carbonyl (C=O) groups is 1. The lowest BCUT2D eigenvalue weighted by Gasteiger charge is -2.15. The Morgan fingerprint density at radius 3 is 2.21 bits per heavy atom. The number of carboxylic acids is 1. The fourth-order valence-electron chi connectivity index (χ4n) is 1.55. The molecule has 0 amide bonds. The summed E-state index contributed by atoms with van der Waals surface area (Å²) in [6.07, 6.45) is -1.13. The highest BCUT2D eigenvalue weighted by Gasteiger charge is 2.21. The Kier molecular flexibility index (Phi) is 4.16. The Morgan fingerprint density at radius 2 is 1.68 bits per heavy atom. The Balaban J connectivity index is 2.23. The van der Waals surface area contributed by atoms with Crippen LogP contribution in [0, 0.1) is 5.82 Å². The lowest BCUT2D eigenvalue weighted by Crippen LogP contribution is -2.18. The first-order valence-electron chi connectivity index (χ1n) is 5.47. The maximum Gasteiger partial charge on any atom is 0.349 e. The molecule has 2 aromatic rings. The summed E-state index contributed by atoms with van der Waals surface area (Å²) in [5.41, 5.74) is 0.514. The zero-order valence-electron chi connectivity index (χ0n) is 9.72. The van der Waals surface area contributed by atoms with E-state index in [2.05, 4.69) is 15.9 Å². The van der Waals surface area contributed by atoms with E-state index >= 15 is 0 Å². The van der Waals surface area contributed by atoms with Crippen molar-refractivity contribution < 1.29 is 19.0 Å². The maximum absolute atomic E-state index is 12.8. The maximum atomic E-state index is 12.8. The smallest absolute Gasteiger partial charge is 0.349 e. The molecular weight excluding hydrogens is 315 g/mol. The average Bonchev–Trinajstić information content (AvgIpc) is 2.39. The van der Waals surface area contributed by atoms with Gasteiger partial charge in [-0.05, 0) is 36.4 Å². The van der Waals surface area contributed by atoms with Crippen molar-refractivity contribution in [3.05, 3.63) is 64.4 Å². The molecule has 1 atom stereocenters. The summed E-state index contributed by atoms with van der Waals surface area (Å²) < 4.78 is 19.0. The molecule has 0 aliphatic heterocycles. The number of hydrogen-bond acceptors (Lipinski definition) is 2.